The highest BCUT2D eigenvalue weighted by Crippen LogP contribution is 2.06. The highest BCUT2D eigenvalue weighted by molar-refractivity contribution is 7.07. The van der Waals surface area contributed by atoms with Gasteiger partial charge in [-0.25, -0.2) is 5.48 Å². The van der Waals surface area contributed by atoms with Crippen LogP contribution in [-0.2, 0) is 22.7 Å². The molecule has 0 aliphatic carbocycles. The van der Waals surface area contributed by atoms with Crippen molar-refractivity contribution >= 4 is 17.2 Å². The Hall–Kier alpha value is -1.65. The molecule has 2 aromatic rings. The van der Waals surface area contributed by atoms with E-state index in [2.05, 4.69) is 5.48 Å². The summed E-state index contributed by atoms with van der Waals surface area (Å²) < 4.78 is 0. The van der Waals surface area contributed by atoms with Crippen molar-refractivity contribution in [2.45, 2.75) is 13.0 Å². The highest BCUT2D eigenvalue weighted by atomic mass is 32.1. The van der Waals surface area contributed by atoms with Crippen LogP contribution in [0.3, 0.4) is 0 Å². The zero-order valence-electron chi connectivity index (χ0n) is 9.26. The number of nitrogens with one attached hydrogen (secondary N) is 1. The average Bonchev–Trinajstić information content (AvgIpc) is 2.83. The van der Waals surface area contributed by atoms with E-state index in [1.54, 1.807) is 11.3 Å². The average molecular weight is 247 g/mol. The van der Waals surface area contributed by atoms with Crippen LogP contribution < -0.4 is 5.48 Å². The van der Waals surface area contributed by atoms with Crippen LogP contribution in [0.15, 0.2) is 47.2 Å². The topological polar surface area (TPSA) is 38.3 Å². The Morgan fingerprint density at radius 1 is 1.18 bits per heavy atom. The van der Waals surface area contributed by atoms with E-state index < -0.39 is 0 Å². The van der Waals surface area contributed by atoms with Crippen molar-refractivity contribution in [1.29, 1.82) is 0 Å². The fourth-order valence-corrected chi connectivity index (χ4v) is 2.06. The third-order valence-corrected chi connectivity index (χ3v) is 2.94. The second-order valence-corrected chi connectivity index (χ2v) is 4.39. The number of amides is 1. The van der Waals surface area contributed by atoms with Gasteiger partial charge in [0.05, 0.1) is 13.0 Å². The van der Waals surface area contributed by atoms with Gasteiger partial charge in [-0.15, -0.1) is 0 Å². The SMILES string of the molecule is O=C(Cc1ccsc1)NOCc1ccccc1. The molecule has 0 bridgehead atoms. The minimum atomic E-state index is -0.126. The van der Waals surface area contributed by atoms with E-state index in [0.717, 1.165) is 11.1 Å². The van der Waals surface area contributed by atoms with Gasteiger partial charge in [-0.2, -0.15) is 11.3 Å². The Morgan fingerprint density at radius 2 is 2.00 bits per heavy atom. The maximum absolute atomic E-state index is 11.5. The molecule has 0 fully saturated rings. The summed E-state index contributed by atoms with van der Waals surface area (Å²) in [6.45, 7) is 0.385. The van der Waals surface area contributed by atoms with E-state index >= 15 is 0 Å². The van der Waals surface area contributed by atoms with Gasteiger partial charge < -0.3 is 0 Å². The number of hydrogen-bond donors (Lipinski definition) is 1. The van der Waals surface area contributed by atoms with Crippen molar-refractivity contribution in [2.24, 2.45) is 0 Å². The maximum atomic E-state index is 11.5. The summed E-state index contributed by atoms with van der Waals surface area (Å²) in [4.78, 5) is 16.6. The largest absolute Gasteiger partial charge is 0.272 e. The molecule has 0 aliphatic heterocycles. The maximum Gasteiger partial charge on any atom is 0.247 e. The minimum Gasteiger partial charge on any atom is -0.272 e. The first kappa shape index (κ1) is 11.8. The predicted molar refractivity (Wildman–Crippen MR) is 67.4 cm³/mol. The molecule has 0 saturated carbocycles. The lowest BCUT2D eigenvalue weighted by molar-refractivity contribution is -0.133. The van der Waals surface area contributed by atoms with Crippen LogP contribution in [0.1, 0.15) is 11.1 Å². The lowest BCUT2D eigenvalue weighted by Crippen LogP contribution is -2.25. The van der Waals surface area contributed by atoms with E-state index in [1.807, 2.05) is 47.2 Å². The van der Waals surface area contributed by atoms with Gasteiger partial charge in [0.15, 0.2) is 0 Å². The molecule has 1 N–H and O–H groups in total. The lowest BCUT2D eigenvalue weighted by atomic mass is 10.2. The van der Waals surface area contributed by atoms with Gasteiger partial charge in [0.2, 0.25) is 5.91 Å². The summed E-state index contributed by atoms with van der Waals surface area (Å²) in [7, 11) is 0. The van der Waals surface area contributed by atoms with Crippen molar-refractivity contribution < 1.29 is 9.63 Å². The zero-order valence-corrected chi connectivity index (χ0v) is 10.1. The third-order valence-electron chi connectivity index (χ3n) is 2.21. The predicted octanol–water partition coefficient (Wildman–Crippen LogP) is 2.54. The molecule has 4 heteroatoms. The van der Waals surface area contributed by atoms with Crippen LogP contribution in [-0.4, -0.2) is 5.91 Å². The fourth-order valence-electron chi connectivity index (χ4n) is 1.39. The molecule has 17 heavy (non-hydrogen) atoms. The van der Waals surface area contributed by atoms with Gasteiger partial charge in [0.1, 0.15) is 0 Å². The molecule has 1 amide bonds. The summed E-state index contributed by atoms with van der Waals surface area (Å²) in [5.74, 6) is -0.126. The zero-order chi connectivity index (χ0) is 11.9. The summed E-state index contributed by atoms with van der Waals surface area (Å²) >= 11 is 1.58. The van der Waals surface area contributed by atoms with Gasteiger partial charge in [0.25, 0.3) is 0 Å². The molecule has 88 valence electrons. The first-order chi connectivity index (χ1) is 8.34. The normalized spacial score (nSPS) is 10.1. The van der Waals surface area contributed by atoms with Crippen LogP contribution in [0.2, 0.25) is 0 Å². The molecular weight excluding hydrogens is 234 g/mol. The number of carbonyl (C=O) groups is 1. The molecule has 0 unspecified atom stereocenters. The number of carbonyl (C=O) groups excluding carboxylic acids is 1. The molecule has 0 radical (unpaired) electrons. The molecule has 1 aromatic heterocycles. The van der Waals surface area contributed by atoms with E-state index in [4.69, 9.17) is 4.84 Å². The molecule has 3 nitrogen and oxygen atoms in total. The smallest absolute Gasteiger partial charge is 0.247 e. The Balaban J connectivity index is 1.70. The molecule has 1 aromatic carbocycles. The van der Waals surface area contributed by atoms with Crippen LogP contribution in [0.4, 0.5) is 0 Å². The number of hydrogen-bond acceptors (Lipinski definition) is 3. The molecular formula is C13H13NO2S. The van der Waals surface area contributed by atoms with Gasteiger partial charge in [-0.05, 0) is 28.0 Å². The Labute approximate surface area is 104 Å². The first-order valence-electron chi connectivity index (χ1n) is 5.30. The minimum absolute atomic E-state index is 0.126. The van der Waals surface area contributed by atoms with Crippen molar-refractivity contribution in [3.05, 3.63) is 58.3 Å². The molecule has 0 spiro atoms. The van der Waals surface area contributed by atoms with E-state index in [-0.39, 0.29) is 5.91 Å². The van der Waals surface area contributed by atoms with Crippen LogP contribution in [0.25, 0.3) is 0 Å². The number of benzene rings is 1. The molecule has 1 heterocycles. The Kier molecular flexibility index (Phi) is 4.30. The van der Waals surface area contributed by atoms with Crippen LogP contribution >= 0.6 is 11.3 Å². The molecule has 0 saturated heterocycles. The number of hydroxylamine groups is 1. The van der Waals surface area contributed by atoms with Gasteiger partial charge in [0, 0.05) is 0 Å². The molecule has 0 aliphatic rings. The first-order valence-corrected chi connectivity index (χ1v) is 6.24. The van der Waals surface area contributed by atoms with Crippen molar-refractivity contribution in [3.63, 3.8) is 0 Å². The van der Waals surface area contributed by atoms with Crippen molar-refractivity contribution in [1.82, 2.24) is 5.48 Å². The summed E-state index contributed by atoms with van der Waals surface area (Å²) in [6, 6.07) is 11.6. The summed E-state index contributed by atoms with van der Waals surface area (Å²) in [5.41, 5.74) is 4.48. The highest BCUT2D eigenvalue weighted by Gasteiger charge is 2.03. The Bertz CT molecular complexity index is 454. The number of rotatable bonds is 5. The lowest BCUT2D eigenvalue weighted by Gasteiger charge is -2.05. The summed E-state index contributed by atoms with van der Waals surface area (Å²) in [6.07, 6.45) is 0.359. The van der Waals surface area contributed by atoms with Crippen LogP contribution in [0.5, 0.6) is 0 Å². The van der Waals surface area contributed by atoms with Gasteiger partial charge in [-0.1, -0.05) is 30.3 Å². The Morgan fingerprint density at radius 3 is 2.71 bits per heavy atom. The van der Waals surface area contributed by atoms with E-state index in [1.165, 1.54) is 0 Å². The van der Waals surface area contributed by atoms with Gasteiger partial charge >= 0.3 is 0 Å². The quantitative estimate of drug-likeness (QED) is 0.825. The van der Waals surface area contributed by atoms with Gasteiger partial charge in [-0.3, -0.25) is 9.63 Å². The standard InChI is InChI=1S/C13H13NO2S/c15-13(8-12-6-7-17-10-12)14-16-9-11-4-2-1-3-5-11/h1-7,10H,8-9H2,(H,14,15). The van der Waals surface area contributed by atoms with Crippen LogP contribution in [0, 0.1) is 0 Å². The van der Waals surface area contributed by atoms with Crippen molar-refractivity contribution in [3.8, 4) is 0 Å². The molecule has 0 atom stereocenters. The number of thiophene rings is 1. The van der Waals surface area contributed by atoms with Crippen molar-refractivity contribution in [2.75, 3.05) is 0 Å². The van der Waals surface area contributed by atoms with E-state index in [9.17, 15) is 4.79 Å². The second kappa shape index (κ2) is 6.18. The molecule has 2 rings (SSSR count). The monoisotopic (exact) mass is 247 g/mol. The summed E-state index contributed by atoms with van der Waals surface area (Å²) in [5, 5.41) is 3.91. The fraction of sp³-hybridized carbons (Fsp3) is 0.154. The second-order valence-electron chi connectivity index (χ2n) is 3.61. The third kappa shape index (κ3) is 4.01. The van der Waals surface area contributed by atoms with E-state index in [0.29, 0.717) is 13.0 Å².